The van der Waals surface area contributed by atoms with Crippen LogP contribution in [0.15, 0.2) is 40.9 Å². The van der Waals surface area contributed by atoms with Gasteiger partial charge in [-0.3, -0.25) is 14.5 Å². The van der Waals surface area contributed by atoms with E-state index in [-0.39, 0.29) is 30.4 Å². The number of piperazine rings is 1. The first-order valence-corrected chi connectivity index (χ1v) is 16.4. The second kappa shape index (κ2) is 12.8. The minimum atomic E-state index is -0.323. The van der Waals surface area contributed by atoms with Crippen molar-refractivity contribution in [3.05, 3.63) is 85.7 Å². The summed E-state index contributed by atoms with van der Waals surface area (Å²) in [6.07, 6.45) is 4.38. The maximum atomic E-state index is 13.8. The monoisotopic (exact) mass is 637 g/mol. The van der Waals surface area contributed by atoms with Gasteiger partial charge in [0.15, 0.2) is 0 Å². The number of nitrogens with zero attached hydrogens (tertiary/aromatic N) is 4. The molecule has 8 nitrogen and oxygen atoms in total. The lowest BCUT2D eigenvalue weighted by atomic mass is 9.96. The normalized spacial score (nSPS) is 23.8. The highest BCUT2D eigenvalue weighted by Crippen LogP contribution is 2.38. The number of amides is 2. The highest BCUT2D eigenvalue weighted by molar-refractivity contribution is 6.42. The van der Waals surface area contributed by atoms with Crippen LogP contribution in [0.5, 0.6) is 0 Å². The second-order valence-electron chi connectivity index (χ2n) is 12.8. The van der Waals surface area contributed by atoms with Gasteiger partial charge in [-0.2, -0.15) is 0 Å². The summed E-state index contributed by atoms with van der Waals surface area (Å²) in [5, 5.41) is 8.65. The molecule has 1 aromatic heterocycles. The molecule has 1 unspecified atom stereocenters. The third kappa shape index (κ3) is 6.41. The molecule has 0 aliphatic carbocycles. The Labute approximate surface area is 269 Å². The van der Waals surface area contributed by atoms with Gasteiger partial charge in [0.1, 0.15) is 5.76 Å². The molecule has 3 saturated heterocycles. The van der Waals surface area contributed by atoms with Gasteiger partial charge in [-0.1, -0.05) is 51.6 Å². The van der Waals surface area contributed by atoms with Gasteiger partial charge >= 0.3 is 0 Å². The number of hydrogen-bond donors (Lipinski definition) is 1. The molecule has 10 heteroatoms. The fraction of sp³-hybridized carbons (Fsp3) is 0.500. The zero-order valence-electron chi connectivity index (χ0n) is 25.9. The maximum absolute atomic E-state index is 13.8. The molecular formula is C34H41Cl2N5O3. The molecule has 44 heavy (non-hydrogen) atoms. The SMILES string of the molecule is Cc1cc(C)cc(C(=O)N2CCN(C(=O)CNC3C[C@H]4CC[C@@H](C3)N4Cc3c(C)noc3C)[C@H](c3ccc(Cl)c(Cl)c3)C2)c1. The number of benzene rings is 2. The minimum absolute atomic E-state index is 0.0223. The van der Waals surface area contributed by atoms with Crippen molar-refractivity contribution in [3.8, 4) is 0 Å². The molecule has 234 valence electrons. The summed E-state index contributed by atoms with van der Waals surface area (Å²) in [6, 6.07) is 12.3. The number of aromatic nitrogens is 1. The molecule has 2 aromatic carbocycles. The molecule has 4 atom stereocenters. The zero-order chi connectivity index (χ0) is 31.1. The van der Waals surface area contributed by atoms with Crippen LogP contribution in [0, 0.1) is 27.7 Å². The summed E-state index contributed by atoms with van der Waals surface area (Å²) < 4.78 is 5.41. The van der Waals surface area contributed by atoms with E-state index in [1.807, 2.05) is 61.8 Å². The first kappa shape index (κ1) is 31.1. The zero-order valence-corrected chi connectivity index (χ0v) is 27.4. The van der Waals surface area contributed by atoms with E-state index in [4.69, 9.17) is 27.7 Å². The maximum Gasteiger partial charge on any atom is 0.254 e. The molecular weight excluding hydrogens is 597 g/mol. The average Bonchev–Trinajstić information content (AvgIpc) is 3.43. The smallest absolute Gasteiger partial charge is 0.254 e. The molecule has 4 heterocycles. The van der Waals surface area contributed by atoms with Gasteiger partial charge in [0.2, 0.25) is 5.91 Å². The molecule has 0 saturated carbocycles. The average molecular weight is 639 g/mol. The summed E-state index contributed by atoms with van der Waals surface area (Å²) >= 11 is 12.7. The number of rotatable bonds is 7. The molecule has 3 aromatic rings. The van der Waals surface area contributed by atoms with E-state index in [0.29, 0.717) is 47.3 Å². The lowest BCUT2D eigenvalue weighted by molar-refractivity contribution is -0.135. The Bertz CT molecular complexity index is 1500. The Kier molecular flexibility index (Phi) is 9.07. The quantitative estimate of drug-likeness (QED) is 0.341. The molecule has 2 bridgehead atoms. The van der Waals surface area contributed by atoms with Gasteiger partial charge in [0.25, 0.3) is 5.91 Å². The van der Waals surface area contributed by atoms with Crippen LogP contribution in [0.1, 0.15) is 75.8 Å². The van der Waals surface area contributed by atoms with Crippen molar-refractivity contribution in [1.82, 2.24) is 25.2 Å². The Morgan fingerprint density at radius 1 is 0.955 bits per heavy atom. The molecule has 1 N–H and O–H groups in total. The van der Waals surface area contributed by atoms with Crippen molar-refractivity contribution in [2.45, 2.75) is 84.1 Å². The van der Waals surface area contributed by atoms with E-state index in [9.17, 15) is 9.59 Å². The third-order valence-electron chi connectivity index (χ3n) is 9.73. The fourth-order valence-electron chi connectivity index (χ4n) is 7.49. The topological polar surface area (TPSA) is 81.9 Å². The standard InChI is InChI=1S/C34H41Cl2N5O3/c1-20-11-21(2)13-25(12-20)34(43)39-9-10-40(32(19-39)24-5-8-30(35)31(36)14-24)33(42)17-37-26-15-27-6-7-28(16-26)41(27)18-29-22(3)38-44-23(29)4/h5,8,11-14,26-28,32,37H,6-7,9-10,15-19H2,1-4H3/t26?,27-,28+,32-/m0/s1. The van der Waals surface area contributed by atoms with Crippen molar-refractivity contribution in [2.75, 3.05) is 26.2 Å². The summed E-state index contributed by atoms with van der Waals surface area (Å²) in [7, 11) is 0. The lowest BCUT2D eigenvalue weighted by Gasteiger charge is -2.43. The van der Waals surface area contributed by atoms with Crippen LogP contribution in [0.25, 0.3) is 0 Å². The summed E-state index contributed by atoms with van der Waals surface area (Å²) in [4.78, 5) is 33.8. The fourth-order valence-corrected chi connectivity index (χ4v) is 7.80. The van der Waals surface area contributed by atoms with Crippen molar-refractivity contribution < 1.29 is 14.1 Å². The third-order valence-corrected chi connectivity index (χ3v) is 10.5. The van der Waals surface area contributed by atoms with Crippen LogP contribution in [-0.4, -0.2) is 76.0 Å². The number of piperidine rings is 1. The van der Waals surface area contributed by atoms with Crippen molar-refractivity contribution in [1.29, 1.82) is 0 Å². The number of hydrogen-bond acceptors (Lipinski definition) is 6. The van der Waals surface area contributed by atoms with Gasteiger partial charge < -0.3 is 19.6 Å². The predicted molar refractivity (Wildman–Crippen MR) is 172 cm³/mol. The molecule has 3 aliphatic heterocycles. The molecule has 3 aliphatic rings. The number of carbonyl (C=O) groups excluding carboxylic acids is 2. The molecule has 3 fully saturated rings. The number of fused-ring (bicyclic) bond motifs is 2. The Balaban J connectivity index is 1.13. The summed E-state index contributed by atoms with van der Waals surface area (Å²) in [5.74, 6) is 0.913. The van der Waals surface area contributed by atoms with Crippen molar-refractivity contribution in [3.63, 3.8) is 0 Å². The van der Waals surface area contributed by atoms with Gasteiger partial charge in [0.05, 0.1) is 28.3 Å². The molecule has 2 amide bonds. The lowest BCUT2D eigenvalue weighted by Crippen LogP contribution is -2.55. The van der Waals surface area contributed by atoms with Gasteiger partial charge in [-0.15, -0.1) is 0 Å². The number of nitrogens with one attached hydrogen (secondary N) is 1. The van der Waals surface area contributed by atoms with E-state index in [2.05, 4.69) is 21.4 Å². The van der Waals surface area contributed by atoms with Crippen LogP contribution in [0.2, 0.25) is 10.0 Å². The first-order valence-electron chi connectivity index (χ1n) is 15.6. The first-order chi connectivity index (χ1) is 21.1. The van der Waals surface area contributed by atoms with Gasteiger partial charge in [-0.05, 0) is 83.2 Å². The second-order valence-corrected chi connectivity index (χ2v) is 13.6. The Morgan fingerprint density at radius 3 is 2.30 bits per heavy atom. The largest absolute Gasteiger partial charge is 0.361 e. The minimum Gasteiger partial charge on any atom is -0.361 e. The molecule has 0 radical (unpaired) electrons. The van der Waals surface area contributed by atoms with Crippen molar-refractivity contribution in [2.24, 2.45) is 0 Å². The van der Waals surface area contributed by atoms with Crippen molar-refractivity contribution >= 4 is 35.0 Å². The highest BCUT2D eigenvalue weighted by Gasteiger charge is 2.41. The van der Waals surface area contributed by atoms with E-state index in [0.717, 1.165) is 47.5 Å². The molecule has 6 rings (SSSR count). The Hall–Kier alpha value is -2.91. The van der Waals surface area contributed by atoms with Crippen LogP contribution in [0.3, 0.4) is 0 Å². The van der Waals surface area contributed by atoms with Crippen LogP contribution in [-0.2, 0) is 11.3 Å². The number of halogens is 2. The predicted octanol–water partition coefficient (Wildman–Crippen LogP) is 6.03. The summed E-state index contributed by atoms with van der Waals surface area (Å²) in [5.41, 5.74) is 5.82. The van der Waals surface area contributed by atoms with Gasteiger partial charge in [-0.25, -0.2) is 0 Å². The Morgan fingerprint density at radius 2 is 1.66 bits per heavy atom. The van der Waals surface area contributed by atoms with Crippen LogP contribution in [0.4, 0.5) is 0 Å². The van der Waals surface area contributed by atoms with E-state index >= 15 is 0 Å². The van der Waals surface area contributed by atoms with E-state index in [1.165, 1.54) is 18.4 Å². The van der Waals surface area contributed by atoms with Crippen LogP contribution < -0.4 is 5.32 Å². The van der Waals surface area contributed by atoms with E-state index in [1.54, 1.807) is 6.07 Å². The number of carbonyl (C=O) groups is 2. The summed E-state index contributed by atoms with van der Waals surface area (Å²) in [6.45, 7) is 10.4. The van der Waals surface area contributed by atoms with Gasteiger partial charge in [0, 0.05) is 55.4 Å². The molecule has 0 spiro atoms. The highest BCUT2D eigenvalue weighted by atomic mass is 35.5. The van der Waals surface area contributed by atoms with Crippen LogP contribution >= 0.6 is 23.2 Å². The number of aryl methyl sites for hydroxylation is 4. The van der Waals surface area contributed by atoms with E-state index < -0.39 is 0 Å².